The molecule has 0 saturated carbocycles. The molecule has 1 aromatic heterocycles. The van der Waals surface area contributed by atoms with Crippen LogP contribution in [0.1, 0.15) is 11.1 Å². The van der Waals surface area contributed by atoms with Gasteiger partial charge in [-0.1, -0.05) is 5.92 Å². The van der Waals surface area contributed by atoms with E-state index in [2.05, 4.69) is 10.9 Å². The average molecular weight is 417 g/mol. The van der Waals surface area contributed by atoms with Gasteiger partial charge in [0.25, 0.3) is 10.0 Å². The summed E-state index contributed by atoms with van der Waals surface area (Å²) in [7, 11) is -4.10. The first-order valence-electron chi connectivity index (χ1n) is 8.36. The van der Waals surface area contributed by atoms with Crippen molar-refractivity contribution >= 4 is 10.0 Å². The Morgan fingerprint density at radius 2 is 2.17 bits per heavy atom. The van der Waals surface area contributed by atoms with Crippen LogP contribution < -0.4 is 4.74 Å². The fraction of sp³-hybridized carbons (Fsp3) is 0.263. The summed E-state index contributed by atoms with van der Waals surface area (Å²) >= 11 is 0. The Hall–Kier alpha value is -3.02. The van der Waals surface area contributed by atoms with E-state index in [4.69, 9.17) is 16.4 Å². The number of β-amino-alcohol motifs (C(OH)–C–C–N with tert-alkyl or cyclic N) is 1. The fourth-order valence-electron chi connectivity index (χ4n) is 2.88. The van der Waals surface area contributed by atoms with Gasteiger partial charge in [0.2, 0.25) is 0 Å². The molecule has 2 aromatic rings. The maximum absolute atomic E-state index is 13.8. The van der Waals surface area contributed by atoms with Crippen LogP contribution in [0, 0.1) is 29.5 Å². The van der Waals surface area contributed by atoms with Crippen LogP contribution in [-0.4, -0.2) is 59.3 Å². The predicted octanol–water partition coefficient (Wildman–Crippen LogP) is 0.249. The van der Waals surface area contributed by atoms with Gasteiger partial charge in [-0.2, -0.15) is 9.57 Å². The number of ether oxygens (including phenoxy) is 1. The zero-order valence-corrected chi connectivity index (χ0v) is 15.8. The number of hydrogen-bond donors (Lipinski definition) is 2. The molecule has 1 aliphatic rings. The van der Waals surface area contributed by atoms with Crippen molar-refractivity contribution in [3.63, 3.8) is 0 Å². The summed E-state index contributed by atoms with van der Waals surface area (Å²) in [4.78, 5) is 3.84. The molecule has 2 atom stereocenters. The molecule has 2 heterocycles. The summed E-state index contributed by atoms with van der Waals surface area (Å²) in [5, 5.41) is 28.8. The number of aliphatic hydroxyl groups is 2. The number of hydrogen-bond acceptors (Lipinski definition) is 7. The first kappa shape index (κ1) is 20.7. The van der Waals surface area contributed by atoms with Crippen molar-refractivity contribution in [2.45, 2.75) is 16.7 Å². The van der Waals surface area contributed by atoms with E-state index in [-0.39, 0.29) is 22.9 Å². The average Bonchev–Trinajstić information content (AvgIpc) is 3.06. The summed E-state index contributed by atoms with van der Waals surface area (Å²) in [5.41, 5.74) is -1.70. The number of terminal acetylenes is 1. The highest BCUT2D eigenvalue weighted by Crippen LogP contribution is 2.30. The summed E-state index contributed by atoms with van der Waals surface area (Å²) < 4.78 is 46.0. The van der Waals surface area contributed by atoms with Crippen molar-refractivity contribution in [1.29, 1.82) is 5.26 Å². The molecule has 1 fully saturated rings. The van der Waals surface area contributed by atoms with Gasteiger partial charge < -0.3 is 14.9 Å². The smallest absolute Gasteiger partial charge is 0.260 e. The minimum atomic E-state index is -4.10. The first-order chi connectivity index (χ1) is 13.7. The Morgan fingerprint density at radius 3 is 2.72 bits per heavy atom. The van der Waals surface area contributed by atoms with E-state index in [9.17, 15) is 23.0 Å². The number of sulfonamides is 1. The molecule has 3 rings (SSSR count). The number of aromatic nitrogens is 1. The summed E-state index contributed by atoms with van der Waals surface area (Å²) in [6.07, 6.45) is 5.28. The Balaban J connectivity index is 1.86. The Bertz CT molecular complexity index is 1110. The highest BCUT2D eigenvalue weighted by Gasteiger charge is 2.51. The third kappa shape index (κ3) is 3.92. The van der Waals surface area contributed by atoms with E-state index in [0.717, 1.165) is 10.4 Å². The molecular weight excluding hydrogens is 401 g/mol. The van der Waals surface area contributed by atoms with Gasteiger partial charge in [0.05, 0.1) is 18.7 Å². The maximum atomic E-state index is 13.8. The third-order valence-corrected chi connectivity index (χ3v) is 6.27. The molecule has 150 valence electrons. The van der Waals surface area contributed by atoms with Gasteiger partial charge in [0.15, 0.2) is 5.03 Å². The number of halogens is 1. The molecule has 0 unspecified atom stereocenters. The van der Waals surface area contributed by atoms with Crippen LogP contribution in [-0.2, 0) is 10.0 Å². The quantitative estimate of drug-likeness (QED) is 0.669. The van der Waals surface area contributed by atoms with E-state index >= 15 is 0 Å². The van der Waals surface area contributed by atoms with Crippen molar-refractivity contribution < 1.29 is 27.8 Å². The third-order valence-electron chi connectivity index (χ3n) is 4.54. The largest absolute Gasteiger partial charge is 0.486 e. The second-order valence-electron chi connectivity index (χ2n) is 6.45. The highest BCUT2D eigenvalue weighted by molar-refractivity contribution is 7.89. The monoisotopic (exact) mass is 417 g/mol. The zero-order valence-electron chi connectivity index (χ0n) is 15.0. The number of nitrogens with zero attached hydrogens (tertiary/aromatic N) is 3. The zero-order chi connectivity index (χ0) is 21.2. The standard InChI is InChI=1S/C19H16FN3O5S/c1-2-13-3-6-18(22-9-13)29(26,27)23-10-17(19(25,11-23)12-24)28-15-5-4-14(8-21)16(20)7-15/h1,3-7,9,17,24-25H,10-12H2/t17-,19+/m0/s1. The predicted molar refractivity (Wildman–Crippen MR) is 98.5 cm³/mol. The van der Waals surface area contributed by atoms with Crippen molar-refractivity contribution in [3.05, 3.63) is 53.5 Å². The molecule has 0 spiro atoms. The number of nitriles is 1. The number of aliphatic hydroxyl groups excluding tert-OH is 1. The topological polar surface area (TPSA) is 124 Å². The molecule has 0 aliphatic carbocycles. The van der Waals surface area contributed by atoms with Gasteiger partial charge >= 0.3 is 0 Å². The van der Waals surface area contributed by atoms with Crippen LogP contribution in [0.2, 0.25) is 0 Å². The van der Waals surface area contributed by atoms with Crippen LogP contribution in [0.3, 0.4) is 0 Å². The van der Waals surface area contributed by atoms with Gasteiger partial charge in [-0.15, -0.1) is 6.42 Å². The van der Waals surface area contributed by atoms with E-state index in [0.29, 0.717) is 5.56 Å². The molecular formula is C19H16FN3O5S. The fourth-order valence-corrected chi connectivity index (χ4v) is 4.30. The molecule has 0 radical (unpaired) electrons. The van der Waals surface area contributed by atoms with E-state index in [1.165, 1.54) is 30.5 Å². The van der Waals surface area contributed by atoms with Crippen LogP contribution in [0.5, 0.6) is 5.75 Å². The minimum absolute atomic E-state index is 0.0193. The van der Waals surface area contributed by atoms with Crippen LogP contribution >= 0.6 is 0 Å². The number of benzene rings is 1. The molecule has 1 aliphatic heterocycles. The maximum Gasteiger partial charge on any atom is 0.260 e. The Morgan fingerprint density at radius 1 is 1.41 bits per heavy atom. The summed E-state index contributed by atoms with van der Waals surface area (Å²) in [6, 6.07) is 7.80. The lowest BCUT2D eigenvalue weighted by atomic mass is 10.0. The molecule has 0 bridgehead atoms. The normalized spacial score (nSPS) is 22.0. The van der Waals surface area contributed by atoms with Crippen molar-refractivity contribution in [2.24, 2.45) is 0 Å². The molecule has 2 N–H and O–H groups in total. The van der Waals surface area contributed by atoms with Gasteiger partial charge in [0.1, 0.15) is 29.3 Å². The van der Waals surface area contributed by atoms with Gasteiger partial charge in [-0.3, -0.25) is 0 Å². The van der Waals surface area contributed by atoms with Crippen LogP contribution in [0.25, 0.3) is 0 Å². The lowest BCUT2D eigenvalue weighted by molar-refractivity contribution is -0.0641. The SMILES string of the molecule is C#Cc1ccc(S(=O)(=O)N2C[C@H](Oc3ccc(C#N)c(F)c3)[C@](O)(CO)C2)nc1. The highest BCUT2D eigenvalue weighted by atomic mass is 32.2. The molecule has 29 heavy (non-hydrogen) atoms. The van der Waals surface area contributed by atoms with Gasteiger partial charge in [-0.05, 0) is 24.3 Å². The number of pyridine rings is 1. The van der Waals surface area contributed by atoms with Crippen molar-refractivity contribution in [1.82, 2.24) is 9.29 Å². The molecule has 8 nitrogen and oxygen atoms in total. The first-order valence-corrected chi connectivity index (χ1v) is 9.80. The van der Waals surface area contributed by atoms with Crippen molar-refractivity contribution in [3.8, 4) is 24.2 Å². The minimum Gasteiger partial charge on any atom is -0.486 e. The second-order valence-corrected chi connectivity index (χ2v) is 8.33. The van der Waals surface area contributed by atoms with E-state index < -0.39 is 40.7 Å². The van der Waals surface area contributed by atoms with Crippen molar-refractivity contribution in [2.75, 3.05) is 19.7 Å². The van der Waals surface area contributed by atoms with Crippen LogP contribution in [0.4, 0.5) is 4.39 Å². The molecule has 0 amide bonds. The van der Waals surface area contributed by atoms with E-state index in [1.807, 2.05) is 0 Å². The summed E-state index contributed by atoms with van der Waals surface area (Å²) in [6.45, 7) is -1.54. The molecule has 1 saturated heterocycles. The molecule has 1 aromatic carbocycles. The number of rotatable bonds is 5. The van der Waals surface area contributed by atoms with Gasteiger partial charge in [-0.25, -0.2) is 17.8 Å². The lowest BCUT2D eigenvalue weighted by Gasteiger charge is -2.27. The second kappa shape index (κ2) is 7.78. The lowest BCUT2D eigenvalue weighted by Crippen LogP contribution is -2.48. The molecule has 10 heteroatoms. The van der Waals surface area contributed by atoms with E-state index in [1.54, 1.807) is 6.07 Å². The Kier molecular flexibility index (Phi) is 5.55. The summed E-state index contributed by atoms with van der Waals surface area (Å²) in [5.74, 6) is 1.49. The van der Waals surface area contributed by atoms with Crippen LogP contribution in [0.15, 0.2) is 41.6 Å². The Labute approximate surface area is 166 Å². The van der Waals surface area contributed by atoms with Gasteiger partial charge in [0, 0.05) is 24.4 Å².